The number of nitrogens with zero attached hydrogens (tertiary/aromatic N) is 5. The lowest BCUT2D eigenvalue weighted by molar-refractivity contribution is -0.127. The van der Waals surface area contributed by atoms with E-state index < -0.39 is 17.9 Å². The molecule has 204 valence electrons. The van der Waals surface area contributed by atoms with E-state index in [0.29, 0.717) is 42.0 Å². The highest BCUT2D eigenvalue weighted by Gasteiger charge is 2.58. The van der Waals surface area contributed by atoms with Crippen molar-refractivity contribution in [1.29, 1.82) is 0 Å². The normalized spacial score (nSPS) is 21.5. The van der Waals surface area contributed by atoms with Gasteiger partial charge in [-0.1, -0.05) is 24.1 Å². The molecule has 2 aromatic heterocycles. The molecule has 1 aliphatic carbocycles. The molecule has 39 heavy (non-hydrogen) atoms. The molecule has 3 N–H and O–H groups in total. The van der Waals surface area contributed by atoms with Crippen LogP contribution in [0.1, 0.15) is 46.5 Å². The smallest absolute Gasteiger partial charge is 0.270 e. The number of nitrogens with one attached hydrogen (secondary N) is 1. The van der Waals surface area contributed by atoms with Gasteiger partial charge in [0.15, 0.2) is 5.69 Å². The summed E-state index contributed by atoms with van der Waals surface area (Å²) in [4.78, 5) is 30.7. The van der Waals surface area contributed by atoms with E-state index in [0.717, 1.165) is 0 Å². The lowest BCUT2D eigenvalue weighted by atomic mass is 10.1. The molecule has 3 atom stereocenters. The first kappa shape index (κ1) is 26.6. The topological polar surface area (TPSA) is 120 Å². The Morgan fingerprint density at radius 1 is 1.38 bits per heavy atom. The first-order valence-corrected chi connectivity index (χ1v) is 12.5. The van der Waals surface area contributed by atoms with Crippen LogP contribution in [0.3, 0.4) is 0 Å². The first-order valence-electron chi connectivity index (χ1n) is 12.2. The fourth-order valence-corrected chi connectivity index (χ4v) is 5.29. The Bertz CT molecular complexity index is 1550. The van der Waals surface area contributed by atoms with Gasteiger partial charge in [-0.05, 0) is 30.6 Å². The van der Waals surface area contributed by atoms with Crippen LogP contribution in [0.15, 0.2) is 31.1 Å². The minimum absolute atomic E-state index is 0.0849. The van der Waals surface area contributed by atoms with Crippen LogP contribution in [0.5, 0.6) is 0 Å². The number of alkyl halides is 2. The Hall–Kier alpha value is -3.95. The number of nitrogens with two attached hydrogens (primary N) is 1. The van der Waals surface area contributed by atoms with E-state index in [-0.39, 0.29) is 40.7 Å². The molecule has 13 heteroatoms. The molecule has 0 unspecified atom stereocenters. The summed E-state index contributed by atoms with van der Waals surface area (Å²) in [5.74, 6) is 2.40. The maximum absolute atomic E-state index is 13.7. The highest BCUT2D eigenvalue weighted by molar-refractivity contribution is 6.32. The first-order chi connectivity index (χ1) is 18.6. The summed E-state index contributed by atoms with van der Waals surface area (Å²) in [5.41, 5.74) is 7.21. The van der Waals surface area contributed by atoms with Crippen molar-refractivity contribution in [1.82, 2.24) is 24.2 Å². The number of imidazole rings is 1. The van der Waals surface area contributed by atoms with Crippen molar-refractivity contribution in [3.05, 3.63) is 53.0 Å². The Morgan fingerprint density at radius 2 is 2.13 bits per heavy atom. The average Bonchev–Trinajstić information content (AvgIpc) is 3.28. The number of rotatable bonds is 7. The molecule has 1 saturated carbocycles. The number of hydrogen-bond donors (Lipinski definition) is 2. The van der Waals surface area contributed by atoms with Crippen LogP contribution in [0, 0.1) is 11.8 Å². The summed E-state index contributed by atoms with van der Waals surface area (Å²) >= 11 is 6.42. The third-order valence-corrected chi connectivity index (χ3v) is 7.37. The number of anilines is 1. The SMILES string of the molecule is C=CC(=O)N1C[C@@H](n2nc(C#Cc3cc4c(cc3Cl)ncn4[C@@H]3CC3(F)F)c(C(N)=O)c2NC)C[C@@H]1COC. The van der Waals surface area contributed by atoms with Crippen LogP contribution in [0.4, 0.5) is 14.6 Å². The molecule has 2 amide bonds. The standard InChI is InChI=1S/C26H26ClF2N7O3/c1-4-22(37)34-11-15(8-16(34)12-39-3)36-25(31-2)23(24(30)38)18(33-36)6-5-14-7-20-19(9-17(14)27)32-13-35(20)21-10-26(21,28)29/h4,7,9,13,15-16,21,31H,1,8,10-12H2,2-3H3,(H2,30,38)/t15-,16+,21+/m0/s1. The number of fused-ring (bicyclic) bond motifs is 1. The molecule has 0 radical (unpaired) electrons. The monoisotopic (exact) mass is 557 g/mol. The predicted octanol–water partition coefficient (Wildman–Crippen LogP) is 2.98. The van der Waals surface area contributed by atoms with Crippen molar-refractivity contribution in [3.63, 3.8) is 0 Å². The number of ether oxygens (including phenoxy) is 1. The highest BCUT2D eigenvalue weighted by atomic mass is 35.5. The second kappa shape index (κ2) is 9.98. The summed E-state index contributed by atoms with van der Waals surface area (Å²) in [5, 5.41) is 7.84. The molecule has 1 saturated heterocycles. The van der Waals surface area contributed by atoms with Crippen molar-refractivity contribution in [2.45, 2.75) is 36.9 Å². The number of likely N-dealkylation sites (tertiary alicyclic amines) is 1. The van der Waals surface area contributed by atoms with Gasteiger partial charge in [0.25, 0.3) is 11.8 Å². The van der Waals surface area contributed by atoms with Crippen molar-refractivity contribution in [3.8, 4) is 11.8 Å². The number of aromatic nitrogens is 4. The Labute approximate surface area is 227 Å². The summed E-state index contributed by atoms with van der Waals surface area (Å²) in [6.45, 7) is 4.22. The van der Waals surface area contributed by atoms with Crippen molar-refractivity contribution in [2.75, 3.05) is 32.6 Å². The minimum Gasteiger partial charge on any atom is -0.383 e. The number of hydrogen-bond acceptors (Lipinski definition) is 6. The molecular weight excluding hydrogens is 532 g/mol. The number of carbonyl (C=O) groups excluding carboxylic acids is 2. The molecule has 1 aromatic carbocycles. The summed E-state index contributed by atoms with van der Waals surface area (Å²) in [6.07, 6.45) is 2.88. The molecule has 0 spiro atoms. The number of benzene rings is 1. The zero-order valence-electron chi connectivity index (χ0n) is 21.2. The molecule has 2 aliphatic rings. The van der Waals surface area contributed by atoms with Crippen LogP contribution in [-0.2, 0) is 9.53 Å². The van der Waals surface area contributed by atoms with Gasteiger partial charge in [-0.3, -0.25) is 9.59 Å². The van der Waals surface area contributed by atoms with Crippen LogP contribution < -0.4 is 11.1 Å². The lowest BCUT2D eigenvalue weighted by Crippen LogP contribution is -2.37. The second-order valence-corrected chi connectivity index (χ2v) is 9.94. The summed E-state index contributed by atoms with van der Waals surface area (Å²) in [7, 11) is 3.19. The zero-order valence-corrected chi connectivity index (χ0v) is 22.0. The molecule has 2 fully saturated rings. The molecule has 10 nitrogen and oxygen atoms in total. The van der Waals surface area contributed by atoms with Crippen LogP contribution in [0.25, 0.3) is 11.0 Å². The van der Waals surface area contributed by atoms with Crippen LogP contribution in [0.2, 0.25) is 5.02 Å². The third-order valence-electron chi connectivity index (χ3n) is 7.06. The molecular formula is C26H26ClF2N7O3. The Morgan fingerprint density at radius 3 is 2.74 bits per heavy atom. The van der Waals surface area contributed by atoms with Gasteiger partial charge in [0.05, 0.1) is 41.1 Å². The zero-order chi connectivity index (χ0) is 28.1. The van der Waals surface area contributed by atoms with E-state index in [1.807, 2.05) is 0 Å². The van der Waals surface area contributed by atoms with E-state index >= 15 is 0 Å². The highest BCUT2D eigenvalue weighted by Crippen LogP contribution is 2.53. The van der Waals surface area contributed by atoms with Gasteiger partial charge < -0.3 is 25.3 Å². The molecule has 3 aromatic rings. The minimum atomic E-state index is -2.78. The molecule has 3 heterocycles. The average molecular weight is 558 g/mol. The number of halogens is 3. The van der Waals surface area contributed by atoms with Gasteiger partial charge in [0.2, 0.25) is 5.91 Å². The van der Waals surface area contributed by atoms with Gasteiger partial charge in [-0.15, -0.1) is 0 Å². The van der Waals surface area contributed by atoms with E-state index in [1.165, 1.54) is 17.0 Å². The Balaban J connectivity index is 1.53. The fraction of sp³-hybridized carbons (Fsp3) is 0.385. The molecule has 5 rings (SSSR count). The maximum Gasteiger partial charge on any atom is 0.270 e. The number of carbonyl (C=O) groups is 2. The van der Waals surface area contributed by atoms with Gasteiger partial charge in [-0.25, -0.2) is 18.4 Å². The van der Waals surface area contributed by atoms with Gasteiger partial charge >= 0.3 is 0 Å². The van der Waals surface area contributed by atoms with E-state index in [1.54, 1.807) is 35.9 Å². The molecule has 0 bridgehead atoms. The number of amides is 2. The Kier molecular flexibility index (Phi) is 6.82. The van der Waals surface area contributed by atoms with Crippen molar-refractivity contribution < 1.29 is 23.1 Å². The summed E-state index contributed by atoms with van der Waals surface area (Å²) < 4.78 is 35.8. The largest absolute Gasteiger partial charge is 0.383 e. The van der Waals surface area contributed by atoms with Gasteiger partial charge in [0, 0.05) is 32.7 Å². The van der Waals surface area contributed by atoms with Gasteiger partial charge in [-0.2, -0.15) is 5.10 Å². The van der Waals surface area contributed by atoms with Gasteiger partial charge in [0.1, 0.15) is 17.4 Å². The van der Waals surface area contributed by atoms with Crippen molar-refractivity contribution >= 4 is 40.3 Å². The van der Waals surface area contributed by atoms with Crippen molar-refractivity contribution in [2.24, 2.45) is 5.73 Å². The van der Waals surface area contributed by atoms with E-state index in [9.17, 15) is 18.4 Å². The maximum atomic E-state index is 13.7. The van der Waals surface area contributed by atoms with Crippen LogP contribution in [-0.4, -0.2) is 75.3 Å². The van der Waals surface area contributed by atoms with E-state index in [2.05, 4.69) is 33.8 Å². The number of methoxy groups -OCH3 is 1. The molecule has 1 aliphatic heterocycles. The quantitative estimate of drug-likeness (QED) is 0.340. The number of primary amides is 1. The van der Waals surface area contributed by atoms with Crippen LogP contribution >= 0.6 is 11.6 Å². The predicted molar refractivity (Wildman–Crippen MR) is 141 cm³/mol. The fourth-order valence-electron chi connectivity index (χ4n) is 5.09. The third kappa shape index (κ3) is 4.72. The van der Waals surface area contributed by atoms with E-state index in [4.69, 9.17) is 22.1 Å². The summed E-state index contributed by atoms with van der Waals surface area (Å²) in [6, 6.07) is 1.70. The second-order valence-electron chi connectivity index (χ2n) is 9.53. The lowest BCUT2D eigenvalue weighted by Gasteiger charge is -2.22.